The zero-order valence-electron chi connectivity index (χ0n) is 14.6. The Morgan fingerprint density at radius 3 is 2.64 bits per heavy atom. The molecule has 0 heterocycles. The van der Waals surface area contributed by atoms with E-state index in [1.54, 1.807) is 6.07 Å². The second-order valence-electron chi connectivity index (χ2n) is 6.64. The Morgan fingerprint density at radius 1 is 1.08 bits per heavy atom. The van der Waals surface area contributed by atoms with Crippen LogP contribution in [0.5, 0.6) is 0 Å². The van der Waals surface area contributed by atoms with Crippen LogP contribution < -0.4 is 5.32 Å². The summed E-state index contributed by atoms with van der Waals surface area (Å²) in [6.07, 6.45) is 0.920. The fraction of sp³-hybridized carbons (Fsp3) is 0.227. The molecule has 1 atom stereocenters. The molecule has 0 aliphatic rings. The van der Waals surface area contributed by atoms with Gasteiger partial charge in [0, 0.05) is 6.54 Å². The summed E-state index contributed by atoms with van der Waals surface area (Å²) < 4.78 is 0. The Balaban J connectivity index is 1.64. The van der Waals surface area contributed by atoms with Gasteiger partial charge < -0.3 is 5.32 Å². The van der Waals surface area contributed by atoms with Gasteiger partial charge in [0.25, 0.3) is 5.91 Å². The maximum absolute atomic E-state index is 12.4. The van der Waals surface area contributed by atoms with Gasteiger partial charge in [0.05, 0.1) is 10.6 Å². The number of amides is 1. The van der Waals surface area contributed by atoms with Crippen LogP contribution in [0.1, 0.15) is 28.4 Å². The van der Waals surface area contributed by atoms with Gasteiger partial charge in [-0.1, -0.05) is 67.1 Å². The number of hydrogen-bond donors (Lipinski definition) is 1. The number of fused-ring (bicyclic) bond motifs is 1. The minimum Gasteiger partial charge on any atom is -0.352 e. The standard InChI is InChI=1S/C22H22ClNO/c1-15-10-11-20(21(23)13-15)22(25)24-14-16(2)12-18-8-5-7-17-6-3-4-9-19(17)18/h3-11,13,16H,12,14H2,1-2H3,(H,24,25)/t16-/m1/s1. The summed E-state index contributed by atoms with van der Waals surface area (Å²) in [5, 5.41) is 6.04. The number of benzene rings is 3. The number of rotatable bonds is 5. The zero-order chi connectivity index (χ0) is 17.8. The highest BCUT2D eigenvalue weighted by atomic mass is 35.5. The molecule has 3 aromatic carbocycles. The lowest BCUT2D eigenvalue weighted by molar-refractivity contribution is 0.0948. The Kier molecular flexibility index (Phi) is 5.40. The third kappa shape index (κ3) is 4.21. The fourth-order valence-electron chi connectivity index (χ4n) is 3.08. The number of carbonyl (C=O) groups excluding carboxylic acids is 1. The fourth-order valence-corrected chi connectivity index (χ4v) is 3.41. The van der Waals surface area contributed by atoms with E-state index >= 15 is 0 Å². The normalized spacial score (nSPS) is 12.1. The number of hydrogen-bond acceptors (Lipinski definition) is 1. The largest absolute Gasteiger partial charge is 0.352 e. The van der Waals surface area contributed by atoms with Crippen molar-refractivity contribution in [2.24, 2.45) is 5.92 Å². The van der Waals surface area contributed by atoms with E-state index in [1.807, 2.05) is 19.1 Å². The molecule has 0 fully saturated rings. The third-order valence-electron chi connectivity index (χ3n) is 4.43. The monoisotopic (exact) mass is 351 g/mol. The first-order chi connectivity index (χ1) is 12.0. The maximum Gasteiger partial charge on any atom is 0.252 e. The molecule has 0 saturated carbocycles. The molecule has 1 amide bonds. The Bertz CT molecular complexity index is 898. The van der Waals surface area contributed by atoms with Crippen LogP contribution in [0.2, 0.25) is 5.02 Å². The Morgan fingerprint density at radius 2 is 1.84 bits per heavy atom. The maximum atomic E-state index is 12.4. The molecule has 0 unspecified atom stereocenters. The van der Waals surface area contributed by atoms with Gasteiger partial charge in [-0.2, -0.15) is 0 Å². The highest BCUT2D eigenvalue weighted by Crippen LogP contribution is 2.21. The number of carbonyl (C=O) groups is 1. The summed E-state index contributed by atoms with van der Waals surface area (Å²) in [6.45, 7) is 4.73. The lowest BCUT2D eigenvalue weighted by Crippen LogP contribution is -2.29. The van der Waals surface area contributed by atoms with Gasteiger partial charge in [-0.25, -0.2) is 0 Å². The molecule has 3 aromatic rings. The first-order valence-electron chi connectivity index (χ1n) is 8.55. The molecule has 0 saturated heterocycles. The van der Waals surface area contributed by atoms with Crippen LogP contribution in [0, 0.1) is 12.8 Å². The lowest BCUT2D eigenvalue weighted by Gasteiger charge is -2.15. The molecule has 3 heteroatoms. The molecule has 2 nitrogen and oxygen atoms in total. The average Bonchev–Trinajstić information content (AvgIpc) is 2.60. The van der Waals surface area contributed by atoms with E-state index in [1.165, 1.54) is 16.3 Å². The van der Waals surface area contributed by atoms with Gasteiger partial charge in [0.2, 0.25) is 0 Å². The summed E-state index contributed by atoms with van der Waals surface area (Å²) in [4.78, 5) is 12.4. The van der Waals surface area contributed by atoms with E-state index in [2.05, 4.69) is 54.7 Å². The van der Waals surface area contributed by atoms with Crippen LogP contribution in [0.25, 0.3) is 10.8 Å². The molecule has 0 bridgehead atoms. The second-order valence-corrected chi connectivity index (χ2v) is 7.05. The minimum absolute atomic E-state index is 0.116. The SMILES string of the molecule is Cc1ccc(C(=O)NC[C@H](C)Cc2cccc3ccccc23)c(Cl)c1. The number of aryl methyl sites for hydroxylation is 1. The molecule has 1 N–H and O–H groups in total. The van der Waals surface area contributed by atoms with Gasteiger partial charge in [-0.15, -0.1) is 0 Å². The van der Waals surface area contributed by atoms with E-state index in [0.29, 0.717) is 23.0 Å². The van der Waals surface area contributed by atoms with Gasteiger partial charge in [-0.3, -0.25) is 4.79 Å². The van der Waals surface area contributed by atoms with Gasteiger partial charge in [-0.05, 0) is 53.3 Å². The van der Waals surface area contributed by atoms with E-state index in [9.17, 15) is 4.79 Å². The molecule has 0 aromatic heterocycles. The zero-order valence-corrected chi connectivity index (χ0v) is 15.3. The van der Waals surface area contributed by atoms with E-state index < -0.39 is 0 Å². The Labute approximate surface area is 153 Å². The summed E-state index contributed by atoms with van der Waals surface area (Å²) >= 11 is 6.17. The van der Waals surface area contributed by atoms with Crippen LogP contribution in [0.3, 0.4) is 0 Å². The quantitative estimate of drug-likeness (QED) is 0.654. The summed E-state index contributed by atoms with van der Waals surface area (Å²) in [7, 11) is 0. The topological polar surface area (TPSA) is 29.1 Å². The first kappa shape index (κ1) is 17.5. The molecule has 0 aliphatic heterocycles. The van der Waals surface area contributed by atoms with E-state index in [4.69, 9.17) is 11.6 Å². The number of nitrogens with one attached hydrogen (secondary N) is 1. The summed E-state index contributed by atoms with van der Waals surface area (Å²) in [5.74, 6) is 0.216. The van der Waals surface area contributed by atoms with Crippen molar-refractivity contribution in [2.45, 2.75) is 20.3 Å². The highest BCUT2D eigenvalue weighted by Gasteiger charge is 2.12. The van der Waals surface area contributed by atoms with Crippen LogP contribution in [-0.4, -0.2) is 12.5 Å². The van der Waals surface area contributed by atoms with Crippen LogP contribution in [0.4, 0.5) is 0 Å². The van der Waals surface area contributed by atoms with Crippen molar-refractivity contribution in [1.82, 2.24) is 5.32 Å². The minimum atomic E-state index is -0.116. The highest BCUT2D eigenvalue weighted by molar-refractivity contribution is 6.33. The lowest BCUT2D eigenvalue weighted by atomic mass is 9.96. The van der Waals surface area contributed by atoms with Crippen LogP contribution >= 0.6 is 11.6 Å². The molecule has 25 heavy (non-hydrogen) atoms. The molecular weight excluding hydrogens is 330 g/mol. The van der Waals surface area contributed by atoms with Gasteiger partial charge in [0.1, 0.15) is 0 Å². The average molecular weight is 352 g/mol. The van der Waals surface area contributed by atoms with E-state index in [0.717, 1.165) is 12.0 Å². The predicted molar refractivity (Wildman–Crippen MR) is 105 cm³/mol. The van der Waals surface area contributed by atoms with Crippen molar-refractivity contribution in [3.05, 3.63) is 82.4 Å². The first-order valence-corrected chi connectivity index (χ1v) is 8.93. The molecular formula is C22H22ClNO. The second kappa shape index (κ2) is 7.71. The molecule has 0 radical (unpaired) electrons. The predicted octanol–water partition coefficient (Wildman–Crippen LogP) is 5.41. The van der Waals surface area contributed by atoms with Gasteiger partial charge >= 0.3 is 0 Å². The van der Waals surface area contributed by atoms with Crippen molar-refractivity contribution >= 4 is 28.3 Å². The molecule has 3 rings (SSSR count). The molecule has 0 aliphatic carbocycles. The van der Waals surface area contributed by atoms with Crippen molar-refractivity contribution < 1.29 is 4.79 Å². The molecule has 128 valence electrons. The van der Waals surface area contributed by atoms with Crippen molar-refractivity contribution in [3.63, 3.8) is 0 Å². The van der Waals surface area contributed by atoms with E-state index in [-0.39, 0.29) is 5.91 Å². The van der Waals surface area contributed by atoms with Crippen LogP contribution in [0.15, 0.2) is 60.7 Å². The smallest absolute Gasteiger partial charge is 0.252 e. The number of halogens is 1. The van der Waals surface area contributed by atoms with Crippen molar-refractivity contribution in [2.75, 3.05) is 6.54 Å². The summed E-state index contributed by atoms with van der Waals surface area (Å²) in [6, 6.07) is 20.3. The van der Waals surface area contributed by atoms with Crippen LogP contribution in [-0.2, 0) is 6.42 Å². The van der Waals surface area contributed by atoms with Gasteiger partial charge in [0.15, 0.2) is 0 Å². The Hall–Kier alpha value is -2.32. The summed E-state index contributed by atoms with van der Waals surface area (Å²) in [5.41, 5.74) is 2.89. The third-order valence-corrected chi connectivity index (χ3v) is 4.74. The molecule has 0 spiro atoms. The van der Waals surface area contributed by atoms with Crippen molar-refractivity contribution in [3.8, 4) is 0 Å². The van der Waals surface area contributed by atoms with Crippen molar-refractivity contribution in [1.29, 1.82) is 0 Å².